The van der Waals surface area contributed by atoms with Crippen LogP contribution >= 0.6 is 0 Å². The Morgan fingerprint density at radius 2 is 1.95 bits per heavy atom. The molecule has 0 radical (unpaired) electrons. The van der Waals surface area contributed by atoms with Gasteiger partial charge in [-0.05, 0) is 19.3 Å². The molecular weight excluding hydrogens is 250 g/mol. The maximum absolute atomic E-state index is 12.3. The van der Waals surface area contributed by atoms with Gasteiger partial charge in [0, 0.05) is 26.7 Å². The van der Waals surface area contributed by atoms with Crippen molar-refractivity contribution in [1.29, 1.82) is 0 Å². The van der Waals surface area contributed by atoms with Crippen LogP contribution in [0.4, 0.5) is 4.79 Å². The summed E-state index contributed by atoms with van der Waals surface area (Å²) in [5.74, 6) is -1.07. The second-order valence-corrected chi connectivity index (χ2v) is 5.06. The fraction of sp³-hybridized carbons (Fsp3) is 0.750. The number of carboxylic acid groups (broad SMARTS) is 1. The molecule has 3 amide bonds. The van der Waals surface area contributed by atoms with Crippen molar-refractivity contribution >= 4 is 17.9 Å². The minimum absolute atomic E-state index is 0.0399. The number of aliphatic carboxylic acids is 1. The first-order chi connectivity index (χ1) is 9.00. The summed E-state index contributed by atoms with van der Waals surface area (Å²) in [6.45, 7) is 1.62. The van der Waals surface area contributed by atoms with Gasteiger partial charge in [0.25, 0.3) is 0 Å². The smallest absolute Gasteiger partial charge is 0.326 e. The summed E-state index contributed by atoms with van der Waals surface area (Å²) in [5.41, 5.74) is 0. The maximum atomic E-state index is 12.3. The summed E-state index contributed by atoms with van der Waals surface area (Å²) < 4.78 is 0. The highest BCUT2D eigenvalue weighted by Crippen LogP contribution is 2.20. The summed E-state index contributed by atoms with van der Waals surface area (Å²) >= 11 is 0. The molecular formula is C12H19N3O4. The molecule has 0 bridgehead atoms. The number of carbonyl (C=O) groups excluding carboxylic acids is 2. The Labute approximate surface area is 111 Å². The number of hydrogen-bond donors (Lipinski definition) is 1. The molecule has 7 heteroatoms. The van der Waals surface area contributed by atoms with Gasteiger partial charge in [-0.2, -0.15) is 0 Å². The quantitative estimate of drug-likeness (QED) is 0.716. The van der Waals surface area contributed by atoms with Crippen LogP contribution in [0.5, 0.6) is 0 Å². The average Bonchev–Trinajstić information content (AvgIpc) is 2.79. The van der Waals surface area contributed by atoms with Gasteiger partial charge in [0.1, 0.15) is 12.6 Å². The number of amides is 3. The van der Waals surface area contributed by atoms with Gasteiger partial charge in [0.05, 0.1) is 0 Å². The SMILES string of the molecule is CN1CCCN(C(=O)N2CCCC2C(=O)O)CC1=O. The van der Waals surface area contributed by atoms with Crippen LogP contribution in [-0.4, -0.2) is 77.0 Å². The fourth-order valence-electron chi connectivity index (χ4n) is 2.58. The van der Waals surface area contributed by atoms with Crippen LogP contribution in [0, 0.1) is 0 Å². The Morgan fingerprint density at radius 3 is 2.63 bits per heavy atom. The first-order valence-electron chi connectivity index (χ1n) is 6.53. The zero-order valence-corrected chi connectivity index (χ0v) is 11.0. The van der Waals surface area contributed by atoms with Gasteiger partial charge in [-0.3, -0.25) is 4.79 Å². The lowest BCUT2D eigenvalue weighted by atomic mass is 10.2. The van der Waals surface area contributed by atoms with Gasteiger partial charge in [0.15, 0.2) is 0 Å². The van der Waals surface area contributed by atoms with E-state index in [9.17, 15) is 14.4 Å². The van der Waals surface area contributed by atoms with E-state index in [1.54, 1.807) is 11.9 Å². The van der Waals surface area contributed by atoms with Crippen molar-refractivity contribution in [3.05, 3.63) is 0 Å². The number of carbonyl (C=O) groups is 3. The average molecular weight is 269 g/mol. The van der Waals surface area contributed by atoms with Crippen LogP contribution in [-0.2, 0) is 9.59 Å². The number of hydrogen-bond acceptors (Lipinski definition) is 3. The third kappa shape index (κ3) is 2.80. The van der Waals surface area contributed by atoms with Gasteiger partial charge in [0.2, 0.25) is 5.91 Å². The van der Waals surface area contributed by atoms with E-state index in [0.29, 0.717) is 32.5 Å². The highest BCUT2D eigenvalue weighted by Gasteiger charge is 2.37. The Balaban J connectivity index is 2.06. The van der Waals surface area contributed by atoms with Crippen LogP contribution in [0.2, 0.25) is 0 Å². The Hall–Kier alpha value is -1.79. The highest BCUT2D eigenvalue weighted by atomic mass is 16.4. The van der Waals surface area contributed by atoms with Crippen molar-refractivity contribution in [1.82, 2.24) is 14.7 Å². The van der Waals surface area contributed by atoms with Crippen LogP contribution in [0.25, 0.3) is 0 Å². The minimum Gasteiger partial charge on any atom is -0.480 e. The number of carboxylic acids is 1. The van der Waals surface area contributed by atoms with Crippen molar-refractivity contribution in [2.24, 2.45) is 0 Å². The molecule has 0 aromatic carbocycles. The summed E-state index contributed by atoms with van der Waals surface area (Å²) in [4.78, 5) is 39.6. The first-order valence-corrected chi connectivity index (χ1v) is 6.53. The van der Waals surface area contributed by atoms with E-state index in [1.165, 1.54) is 9.80 Å². The lowest BCUT2D eigenvalue weighted by Gasteiger charge is -2.28. The first kappa shape index (κ1) is 13.6. The second kappa shape index (κ2) is 5.46. The molecule has 106 valence electrons. The van der Waals surface area contributed by atoms with E-state index >= 15 is 0 Å². The van der Waals surface area contributed by atoms with Crippen LogP contribution in [0.15, 0.2) is 0 Å². The number of urea groups is 1. The van der Waals surface area contributed by atoms with E-state index in [1.807, 2.05) is 0 Å². The van der Waals surface area contributed by atoms with Crippen molar-refractivity contribution in [2.45, 2.75) is 25.3 Å². The summed E-state index contributed by atoms with van der Waals surface area (Å²) in [6, 6.07) is -1.07. The van der Waals surface area contributed by atoms with Gasteiger partial charge >= 0.3 is 12.0 Å². The summed E-state index contributed by atoms with van der Waals surface area (Å²) in [7, 11) is 1.71. The third-order valence-corrected chi connectivity index (χ3v) is 3.73. The topological polar surface area (TPSA) is 81.2 Å². The number of likely N-dealkylation sites (tertiary alicyclic amines) is 1. The predicted octanol–water partition coefficient (Wildman–Crippen LogP) is -0.180. The van der Waals surface area contributed by atoms with Gasteiger partial charge < -0.3 is 19.8 Å². The molecule has 2 heterocycles. The Bertz CT molecular complexity index is 398. The van der Waals surface area contributed by atoms with Gasteiger partial charge in [-0.25, -0.2) is 9.59 Å². The summed E-state index contributed by atoms with van der Waals surface area (Å²) in [5, 5.41) is 9.09. The molecule has 2 saturated heterocycles. The molecule has 19 heavy (non-hydrogen) atoms. The lowest BCUT2D eigenvalue weighted by Crippen LogP contribution is -2.49. The Morgan fingerprint density at radius 1 is 1.21 bits per heavy atom. The van der Waals surface area contributed by atoms with Crippen LogP contribution < -0.4 is 0 Å². The Kier molecular flexibility index (Phi) is 3.92. The number of rotatable bonds is 1. The molecule has 1 unspecified atom stereocenters. The van der Waals surface area contributed by atoms with Gasteiger partial charge in [-0.1, -0.05) is 0 Å². The normalized spacial score (nSPS) is 24.6. The number of nitrogens with zero attached hydrogens (tertiary/aromatic N) is 3. The summed E-state index contributed by atoms with van der Waals surface area (Å²) in [6.07, 6.45) is 1.91. The van der Waals surface area contributed by atoms with Crippen LogP contribution in [0.3, 0.4) is 0 Å². The molecule has 2 aliphatic heterocycles. The van der Waals surface area contributed by atoms with E-state index in [2.05, 4.69) is 0 Å². The minimum atomic E-state index is -0.968. The molecule has 0 aromatic heterocycles. The molecule has 1 N–H and O–H groups in total. The molecule has 7 nitrogen and oxygen atoms in total. The van der Waals surface area contributed by atoms with Crippen LogP contribution in [0.1, 0.15) is 19.3 Å². The van der Waals surface area contributed by atoms with E-state index < -0.39 is 12.0 Å². The lowest BCUT2D eigenvalue weighted by molar-refractivity contribution is -0.141. The van der Waals surface area contributed by atoms with E-state index in [4.69, 9.17) is 5.11 Å². The van der Waals surface area contributed by atoms with Crippen molar-refractivity contribution < 1.29 is 19.5 Å². The van der Waals surface area contributed by atoms with Gasteiger partial charge in [-0.15, -0.1) is 0 Å². The van der Waals surface area contributed by atoms with E-state index in [-0.39, 0.29) is 18.5 Å². The second-order valence-electron chi connectivity index (χ2n) is 5.06. The zero-order chi connectivity index (χ0) is 14.0. The molecule has 2 rings (SSSR count). The largest absolute Gasteiger partial charge is 0.480 e. The standard InChI is InChI=1S/C12H19N3O4/c1-13-5-3-6-14(8-10(13)16)12(19)15-7-2-4-9(15)11(17)18/h9H,2-8H2,1H3,(H,17,18). The zero-order valence-electron chi connectivity index (χ0n) is 11.0. The molecule has 2 aliphatic rings. The number of likely N-dealkylation sites (N-methyl/N-ethyl adjacent to an activating group) is 1. The molecule has 0 saturated carbocycles. The van der Waals surface area contributed by atoms with Crippen molar-refractivity contribution in [3.63, 3.8) is 0 Å². The van der Waals surface area contributed by atoms with Crippen molar-refractivity contribution in [2.75, 3.05) is 33.2 Å². The van der Waals surface area contributed by atoms with Crippen molar-refractivity contribution in [3.8, 4) is 0 Å². The third-order valence-electron chi connectivity index (χ3n) is 3.73. The molecule has 0 spiro atoms. The monoisotopic (exact) mass is 269 g/mol. The van der Waals surface area contributed by atoms with E-state index in [0.717, 1.165) is 6.42 Å². The molecule has 2 fully saturated rings. The fourth-order valence-corrected chi connectivity index (χ4v) is 2.58. The highest BCUT2D eigenvalue weighted by molar-refractivity contribution is 5.87. The maximum Gasteiger partial charge on any atom is 0.326 e. The predicted molar refractivity (Wildman–Crippen MR) is 66.6 cm³/mol. The molecule has 0 aliphatic carbocycles. The molecule has 0 aromatic rings. The molecule has 1 atom stereocenters.